The van der Waals surface area contributed by atoms with E-state index in [0.717, 1.165) is 18.4 Å². The van der Waals surface area contributed by atoms with Crippen molar-refractivity contribution in [1.82, 2.24) is 0 Å². The van der Waals surface area contributed by atoms with Gasteiger partial charge in [-0.2, -0.15) is 0 Å². The lowest BCUT2D eigenvalue weighted by molar-refractivity contribution is -0.276. The highest BCUT2D eigenvalue weighted by molar-refractivity contribution is 6.74. The summed E-state index contributed by atoms with van der Waals surface area (Å²) in [6.07, 6.45) is 5.19. The van der Waals surface area contributed by atoms with Gasteiger partial charge in [0.1, 0.15) is 12.2 Å². The standard InChI is InChI=1S/C29H50O5Si2/c1-28(2,3)35(7,8)31-21-26-24(34-36(9,10)29(4,5)6)19-15-14-18-23-25(32-26)20-30-27(33-23)22-16-12-11-13-17-22/h11-17,23-27H,18-21H2,1-10H3/b15-14-/t23-,24-,25+,26-,27+/m0/s1. The summed E-state index contributed by atoms with van der Waals surface area (Å²) < 4.78 is 33.2. The second-order valence-corrected chi connectivity index (χ2v) is 23.0. The number of fused-ring (bicyclic) bond motifs is 1. The second-order valence-electron chi connectivity index (χ2n) is 13.4. The van der Waals surface area contributed by atoms with Crippen molar-refractivity contribution in [3.05, 3.63) is 48.0 Å². The van der Waals surface area contributed by atoms with E-state index in [-0.39, 0.29) is 40.8 Å². The lowest BCUT2D eigenvalue weighted by Crippen LogP contribution is -2.53. The lowest BCUT2D eigenvalue weighted by atomic mass is 10.1. The molecular weight excluding hydrogens is 484 g/mol. The fraction of sp³-hybridized carbons (Fsp3) is 0.724. The minimum absolute atomic E-state index is 0.0718. The van der Waals surface area contributed by atoms with E-state index in [1.165, 1.54) is 0 Å². The molecule has 1 aromatic rings. The van der Waals surface area contributed by atoms with E-state index in [1.807, 2.05) is 18.2 Å². The van der Waals surface area contributed by atoms with Gasteiger partial charge in [-0.1, -0.05) is 84.0 Å². The largest absolute Gasteiger partial charge is 0.414 e. The van der Waals surface area contributed by atoms with Crippen molar-refractivity contribution in [2.75, 3.05) is 13.2 Å². The zero-order chi connectivity index (χ0) is 26.8. The van der Waals surface area contributed by atoms with Crippen LogP contribution in [0.5, 0.6) is 0 Å². The first-order valence-corrected chi connectivity index (χ1v) is 19.4. The summed E-state index contributed by atoms with van der Waals surface area (Å²) in [6.45, 7) is 23.9. The van der Waals surface area contributed by atoms with Gasteiger partial charge in [-0.15, -0.1) is 0 Å². The molecule has 1 aromatic carbocycles. The van der Waals surface area contributed by atoms with Crippen LogP contribution in [-0.4, -0.2) is 54.3 Å². The fourth-order valence-electron chi connectivity index (χ4n) is 3.95. The van der Waals surface area contributed by atoms with E-state index in [1.54, 1.807) is 0 Å². The number of ether oxygens (including phenoxy) is 3. The second kappa shape index (κ2) is 11.5. The van der Waals surface area contributed by atoms with Gasteiger partial charge in [-0.05, 0) is 49.1 Å². The molecule has 0 aliphatic carbocycles. The first kappa shape index (κ1) is 29.7. The van der Waals surface area contributed by atoms with Crippen LogP contribution in [0.3, 0.4) is 0 Å². The van der Waals surface area contributed by atoms with Gasteiger partial charge in [0.25, 0.3) is 0 Å². The Morgan fingerprint density at radius 2 is 1.42 bits per heavy atom. The first-order chi connectivity index (χ1) is 16.6. The topological polar surface area (TPSA) is 46.2 Å². The SMILES string of the molecule is CC(C)(C)[Si](C)(C)OC[C@@H]1O[C@@H]2CO[C@@H](c3ccccc3)O[C@H]2C/C=C\C[C@@H]1O[Si](C)(C)C(C)(C)C. The van der Waals surface area contributed by atoms with Crippen LogP contribution >= 0.6 is 0 Å². The average Bonchev–Trinajstić information content (AvgIpc) is 2.85. The van der Waals surface area contributed by atoms with Gasteiger partial charge in [0.15, 0.2) is 22.9 Å². The summed E-state index contributed by atoms with van der Waals surface area (Å²) in [5.41, 5.74) is 1.04. The summed E-state index contributed by atoms with van der Waals surface area (Å²) in [5.74, 6) is 0. The van der Waals surface area contributed by atoms with Gasteiger partial charge >= 0.3 is 0 Å². The molecule has 0 saturated carbocycles. The molecular formula is C29H50O5Si2. The van der Waals surface area contributed by atoms with Gasteiger partial charge < -0.3 is 23.1 Å². The Kier molecular flexibility index (Phi) is 9.52. The summed E-state index contributed by atoms with van der Waals surface area (Å²) in [7, 11) is -3.98. The van der Waals surface area contributed by atoms with E-state index in [0.29, 0.717) is 13.2 Å². The van der Waals surface area contributed by atoms with E-state index >= 15 is 0 Å². The van der Waals surface area contributed by atoms with E-state index in [4.69, 9.17) is 23.1 Å². The highest BCUT2D eigenvalue weighted by Crippen LogP contribution is 2.40. The van der Waals surface area contributed by atoms with Crippen molar-refractivity contribution in [2.24, 2.45) is 0 Å². The van der Waals surface area contributed by atoms with Gasteiger partial charge in [0, 0.05) is 5.56 Å². The van der Waals surface area contributed by atoms with E-state index in [2.05, 4.69) is 92.0 Å². The van der Waals surface area contributed by atoms with Crippen LogP contribution in [0.15, 0.2) is 42.5 Å². The Morgan fingerprint density at radius 3 is 2.03 bits per heavy atom. The monoisotopic (exact) mass is 534 g/mol. The van der Waals surface area contributed by atoms with Crippen molar-refractivity contribution in [2.45, 2.75) is 121 Å². The Bertz CT molecular complexity index is 857. The molecule has 0 N–H and O–H groups in total. The molecule has 1 fully saturated rings. The molecule has 2 aliphatic rings. The van der Waals surface area contributed by atoms with Gasteiger partial charge in [-0.25, -0.2) is 0 Å². The van der Waals surface area contributed by atoms with Crippen molar-refractivity contribution in [3.8, 4) is 0 Å². The van der Waals surface area contributed by atoms with Crippen LogP contribution in [-0.2, 0) is 23.1 Å². The molecule has 2 heterocycles. The van der Waals surface area contributed by atoms with Gasteiger partial charge in [-0.3, -0.25) is 0 Å². The zero-order valence-electron chi connectivity index (χ0n) is 24.3. The maximum atomic E-state index is 6.98. The molecule has 0 spiro atoms. The number of hydrogen-bond acceptors (Lipinski definition) is 5. The molecule has 2 aliphatic heterocycles. The molecule has 7 heteroatoms. The Balaban J connectivity index is 1.83. The number of rotatable bonds is 6. The minimum Gasteiger partial charge on any atom is -0.414 e. The normalized spacial score (nSPS) is 29.6. The van der Waals surface area contributed by atoms with Crippen molar-refractivity contribution < 1.29 is 23.1 Å². The predicted octanol–water partition coefficient (Wildman–Crippen LogP) is 7.62. The maximum Gasteiger partial charge on any atom is 0.192 e. The lowest BCUT2D eigenvalue weighted by Gasteiger charge is -2.44. The highest BCUT2D eigenvalue weighted by atomic mass is 28.4. The molecule has 0 unspecified atom stereocenters. The van der Waals surface area contributed by atoms with Gasteiger partial charge in [0.05, 0.1) is 25.4 Å². The molecule has 3 rings (SSSR count). The predicted molar refractivity (Wildman–Crippen MR) is 152 cm³/mol. The van der Waals surface area contributed by atoms with Crippen LogP contribution < -0.4 is 0 Å². The number of benzene rings is 1. The molecule has 0 bridgehead atoms. The molecule has 36 heavy (non-hydrogen) atoms. The molecule has 5 nitrogen and oxygen atoms in total. The molecule has 0 amide bonds. The third kappa shape index (κ3) is 7.40. The summed E-state index contributed by atoms with van der Waals surface area (Å²) in [6, 6.07) is 10.2. The van der Waals surface area contributed by atoms with Crippen LogP contribution in [0.4, 0.5) is 0 Å². The summed E-state index contributed by atoms with van der Waals surface area (Å²) in [4.78, 5) is 0. The Morgan fingerprint density at radius 1 is 0.806 bits per heavy atom. The highest BCUT2D eigenvalue weighted by Gasteiger charge is 2.44. The zero-order valence-corrected chi connectivity index (χ0v) is 26.3. The van der Waals surface area contributed by atoms with Crippen molar-refractivity contribution >= 4 is 16.6 Å². The third-order valence-corrected chi connectivity index (χ3v) is 17.5. The van der Waals surface area contributed by atoms with E-state index in [9.17, 15) is 0 Å². The van der Waals surface area contributed by atoms with Crippen LogP contribution in [0.25, 0.3) is 0 Å². The summed E-state index contributed by atoms with van der Waals surface area (Å²) in [5, 5.41) is 0.242. The quantitative estimate of drug-likeness (QED) is 0.277. The third-order valence-electron chi connectivity index (χ3n) is 8.53. The smallest absolute Gasteiger partial charge is 0.192 e. The van der Waals surface area contributed by atoms with Crippen LogP contribution in [0.1, 0.15) is 66.2 Å². The molecule has 0 aromatic heterocycles. The molecule has 5 atom stereocenters. The maximum absolute atomic E-state index is 6.98. The van der Waals surface area contributed by atoms with Crippen molar-refractivity contribution in [1.29, 1.82) is 0 Å². The fourth-order valence-corrected chi connectivity index (χ4v) is 6.32. The molecule has 1 saturated heterocycles. The number of hydrogen-bond donors (Lipinski definition) is 0. The molecule has 204 valence electrons. The van der Waals surface area contributed by atoms with Gasteiger partial charge in [0.2, 0.25) is 0 Å². The van der Waals surface area contributed by atoms with Crippen LogP contribution in [0, 0.1) is 0 Å². The minimum atomic E-state index is -2.02. The Labute approximate surface area is 222 Å². The van der Waals surface area contributed by atoms with Crippen LogP contribution in [0.2, 0.25) is 36.3 Å². The first-order valence-electron chi connectivity index (χ1n) is 13.5. The average molecular weight is 535 g/mol. The summed E-state index contributed by atoms with van der Waals surface area (Å²) >= 11 is 0. The molecule has 0 radical (unpaired) electrons. The Hall–Kier alpha value is -0.806. The van der Waals surface area contributed by atoms with E-state index < -0.39 is 16.6 Å². The van der Waals surface area contributed by atoms with Crippen molar-refractivity contribution in [3.63, 3.8) is 0 Å².